The first-order valence-corrected chi connectivity index (χ1v) is 14.9. The molecular weight excluding hydrogens is 448 g/mol. The Labute approximate surface area is 224 Å². The van der Waals surface area contributed by atoms with Crippen LogP contribution in [0.25, 0.3) is 0 Å². The van der Waals surface area contributed by atoms with E-state index in [2.05, 4.69) is 27.0 Å². The summed E-state index contributed by atoms with van der Waals surface area (Å²) in [7, 11) is 0. The molecule has 1 unspecified atom stereocenters. The van der Waals surface area contributed by atoms with E-state index in [9.17, 15) is 9.59 Å². The first-order chi connectivity index (χ1) is 17.3. The molecule has 0 fully saturated rings. The second kappa shape index (κ2) is 28.0. The maximum Gasteiger partial charge on any atom is 0.333 e. The molecule has 0 aliphatic carbocycles. The lowest BCUT2D eigenvalue weighted by Gasteiger charge is -2.12. The van der Waals surface area contributed by atoms with Crippen LogP contribution in [0.4, 0.5) is 0 Å². The second-order valence-corrected chi connectivity index (χ2v) is 10.4. The first-order valence-electron chi connectivity index (χ1n) is 14.9. The molecule has 36 heavy (non-hydrogen) atoms. The Hall–Kier alpha value is -1.58. The second-order valence-electron chi connectivity index (χ2n) is 10.4. The van der Waals surface area contributed by atoms with E-state index in [0.717, 1.165) is 19.3 Å². The van der Waals surface area contributed by atoms with Crippen molar-refractivity contribution in [3.05, 3.63) is 24.3 Å². The van der Waals surface area contributed by atoms with Gasteiger partial charge in [0.1, 0.15) is 0 Å². The summed E-state index contributed by atoms with van der Waals surface area (Å²) < 4.78 is 10.3. The van der Waals surface area contributed by atoms with Crippen LogP contribution in [0, 0.1) is 0 Å². The van der Waals surface area contributed by atoms with E-state index >= 15 is 0 Å². The van der Waals surface area contributed by atoms with E-state index in [1.54, 1.807) is 13.8 Å². The van der Waals surface area contributed by atoms with Gasteiger partial charge in [0.25, 0.3) is 0 Å². The van der Waals surface area contributed by atoms with Gasteiger partial charge in [-0.1, -0.05) is 130 Å². The van der Waals surface area contributed by atoms with Crippen molar-refractivity contribution in [2.75, 3.05) is 6.61 Å². The summed E-state index contributed by atoms with van der Waals surface area (Å²) >= 11 is 0. The van der Waals surface area contributed by atoms with Crippen molar-refractivity contribution < 1.29 is 19.1 Å². The van der Waals surface area contributed by atoms with Gasteiger partial charge in [-0.15, -0.1) is 0 Å². The molecule has 0 aromatic rings. The molecule has 1 atom stereocenters. The largest absolute Gasteiger partial charge is 0.462 e. The van der Waals surface area contributed by atoms with Gasteiger partial charge in [0.15, 0.2) is 0 Å². The molecule has 212 valence electrons. The fourth-order valence-electron chi connectivity index (χ4n) is 3.79. The van der Waals surface area contributed by atoms with Crippen LogP contribution < -0.4 is 0 Å². The zero-order chi connectivity index (χ0) is 27.4. The molecule has 0 heterocycles. The molecule has 0 saturated carbocycles. The molecule has 0 aliphatic heterocycles. The SMILES string of the molecule is C=C(C)C(=O)OC(C)CCCCCCCC.C=C(C)C(=O)OCCCCCCCCCCCCCC. The molecule has 0 aromatic heterocycles. The van der Waals surface area contributed by atoms with Crippen LogP contribution in [0.5, 0.6) is 0 Å². The van der Waals surface area contributed by atoms with Crippen molar-refractivity contribution >= 4 is 11.9 Å². The predicted octanol–water partition coefficient (Wildman–Crippen LogP) is 10.1. The van der Waals surface area contributed by atoms with Crippen LogP contribution in [-0.4, -0.2) is 24.6 Å². The van der Waals surface area contributed by atoms with Crippen molar-refractivity contribution in [2.45, 2.75) is 163 Å². The van der Waals surface area contributed by atoms with Crippen LogP contribution in [0.2, 0.25) is 0 Å². The number of hydrogen-bond donors (Lipinski definition) is 0. The van der Waals surface area contributed by atoms with Gasteiger partial charge in [-0.2, -0.15) is 0 Å². The molecule has 0 bridgehead atoms. The molecule has 4 nitrogen and oxygen atoms in total. The summed E-state index contributed by atoms with van der Waals surface area (Å²) in [4.78, 5) is 22.3. The number of esters is 2. The normalized spacial score (nSPS) is 11.2. The average molecular weight is 509 g/mol. The fraction of sp³-hybridized carbons (Fsp3) is 0.812. The van der Waals surface area contributed by atoms with Crippen molar-refractivity contribution in [2.24, 2.45) is 0 Å². The average Bonchev–Trinajstić information content (AvgIpc) is 2.84. The number of carbonyl (C=O) groups is 2. The fourth-order valence-corrected chi connectivity index (χ4v) is 3.79. The van der Waals surface area contributed by atoms with E-state index in [1.165, 1.54) is 103 Å². The number of carbonyl (C=O) groups excluding carboxylic acids is 2. The van der Waals surface area contributed by atoms with Gasteiger partial charge in [0.05, 0.1) is 12.7 Å². The van der Waals surface area contributed by atoms with Crippen LogP contribution in [0.15, 0.2) is 24.3 Å². The summed E-state index contributed by atoms with van der Waals surface area (Å²) in [6, 6.07) is 0. The number of unbranched alkanes of at least 4 members (excludes halogenated alkanes) is 16. The highest BCUT2D eigenvalue weighted by molar-refractivity contribution is 5.87. The Bertz CT molecular complexity index is 552. The van der Waals surface area contributed by atoms with Crippen LogP contribution >= 0.6 is 0 Å². The Balaban J connectivity index is 0. The van der Waals surface area contributed by atoms with Gasteiger partial charge in [-0.25, -0.2) is 9.59 Å². The number of hydrogen-bond acceptors (Lipinski definition) is 4. The molecule has 0 radical (unpaired) electrons. The quantitative estimate of drug-likeness (QED) is 0.0782. The summed E-state index contributed by atoms with van der Waals surface area (Å²) in [5, 5.41) is 0. The lowest BCUT2D eigenvalue weighted by molar-refractivity contribution is -0.143. The van der Waals surface area contributed by atoms with Crippen LogP contribution in [0.3, 0.4) is 0 Å². The van der Waals surface area contributed by atoms with Gasteiger partial charge in [-0.3, -0.25) is 0 Å². The zero-order valence-corrected chi connectivity index (χ0v) is 24.8. The predicted molar refractivity (Wildman–Crippen MR) is 155 cm³/mol. The summed E-state index contributed by atoms with van der Waals surface area (Å²) in [6.45, 7) is 17.5. The third-order valence-electron chi connectivity index (χ3n) is 6.20. The van der Waals surface area contributed by atoms with Gasteiger partial charge in [0.2, 0.25) is 0 Å². The monoisotopic (exact) mass is 508 g/mol. The zero-order valence-electron chi connectivity index (χ0n) is 24.8. The minimum atomic E-state index is -0.265. The number of rotatable bonds is 23. The van der Waals surface area contributed by atoms with E-state index in [4.69, 9.17) is 9.47 Å². The van der Waals surface area contributed by atoms with E-state index in [1.807, 2.05) is 6.92 Å². The summed E-state index contributed by atoms with van der Waals surface area (Å²) in [6.07, 6.45) is 24.5. The van der Waals surface area contributed by atoms with Crippen molar-refractivity contribution in [1.29, 1.82) is 0 Å². The summed E-state index contributed by atoms with van der Waals surface area (Å²) in [5.74, 6) is -0.522. The third-order valence-corrected chi connectivity index (χ3v) is 6.20. The molecule has 0 N–H and O–H groups in total. The Morgan fingerprint density at radius 2 is 0.944 bits per heavy atom. The lowest BCUT2D eigenvalue weighted by Crippen LogP contribution is -2.15. The molecule has 4 heteroatoms. The maximum atomic E-state index is 11.2. The van der Waals surface area contributed by atoms with Crippen molar-refractivity contribution in [3.63, 3.8) is 0 Å². The van der Waals surface area contributed by atoms with Gasteiger partial charge in [-0.05, 0) is 40.0 Å². The Morgan fingerprint density at radius 1 is 0.583 bits per heavy atom. The molecule has 0 saturated heterocycles. The first kappa shape index (κ1) is 36.6. The maximum absolute atomic E-state index is 11.2. The Morgan fingerprint density at radius 3 is 1.33 bits per heavy atom. The van der Waals surface area contributed by atoms with Gasteiger partial charge >= 0.3 is 11.9 Å². The minimum Gasteiger partial charge on any atom is -0.462 e. The summed E-state index contributed by atoms with van der Waals surface area (Å²) in [5.41, 5.74) is 0.971. The third kappa shape index (κ3) is 28.7. The molecule has 0 rings (SSSR count). The molecule has 0 spiro atoms. The molecular formula is C32H60O4. The molecule has 0 aliphatic rings. The van der Waals surface area contributed by atoms with Crippen LogP contribution in [0.1, 0.15) is 157 Å². The van der Waals surface area contributed by atoms with Crippen molar-refractivity contribution in [1.82, 2.24) is 0 Å². The van der Waals surface area contributed by atoms with Gasteiger partial charge in [0, 0.05) is 11.1 Å². The van der Waals surface area contributed by atoms with E-state index in [0.29, 0.717) is 17.8 Å². The highest BCUT2D eigenvalue weighted by Gasteiger charge is 2.09. The van der Waals surface area contributed by atoms with Crippen LogP contribution in [-0.2, 0) is 19.1 Å². The number of ether oxygens (including phenoxy) is 2. The van der Waals surface area contributed by atoms with E-state index in [-0.39, 0.29) is 18.0 Å². The lowest BCUT2D eigenvalue weighted by atomic mass is 10.1. The minimum absolute atomic E-state index is 0.0235. The van der Waals surface area contributed by atoms with Gasteiger partial charge < -0.3 is 9.47 Å². The van der Waals surface area contributed by atoms with E-state index < -0.39 is 0 Å². The molecule has 0 amide bonds. The standard InChI is InChI=1S/C18H34O2.C14H26O2/c1-4-5-6-7-8-9-10-11-12-13-14-15-16-20-18(19)17(2)3;1-5-6-7-8-9-10-11-13(4)16-14(15)12(2)3/h2,4-16H2,1,3H3;13H,2,5-11H2,1,3-4H3. The highest BCUT2D eigenvalue weighted by Crippen LogP contribution is 2.12. The topological polar surface area (TPSA) is 52.6 Å². The molecule has 0 aromatic carbocycles. The smallest absolute Gasteiger partial charge is 0.333 e. The van der Waals surface area contributed by atoms with Crippen molar-refractivity contribution in [3.8, 4) is 0 Å². The Kier molecular flexibility index (Phi) is 28.4. The highest BCUT2D eigenvalue weighted by atomic mass is 16.5.